The average molecular weight is 556 g/mol. The Hall–Kier alpha value is -3.57. The lowest BCUT2D eigenvalue weighted by molar-refractivity contribution is -0.136. The Labute approximate surface area is 223 Å². The standard InChI is InChI=1S/C25H25ClF3N3O5.CH4/c1-32(22(34)11-10-17-8-5-9-19(27)23(17)26)18(13-25(28,29)15-33)14-36-24(35)30-21-12-20(37-31-21)16-6-3-2-4-7-16;/h2-9,12,18,33H,10-11,13-15H2,1H3,(H,30,31,35);1H4/t18-;/m0./s1. The number of amides is 2. The molecule has 1 aromatic heterocycles. The number of anilines is 1. The Morgan fingerprint density at radius 2 is 1.92 bits per heavy atom. The minimum Gasteiger partial charge on any atom is -0.447 e. The lowest BCUT2D eigenvalue weighted by Crippen LogP contribution is -2.45. The van der Waals surface area contributed by atoms with Gasteiger partial charge in [-0.25, -0.2) is 18.0 Å². The number of aryl methyl sites for hydroxylation is 1. The number of benzene rings is 2. The van der Waals surface area contributed by atoms with E-state index < -0.39 is 49.4 Å². The van der Waals surface area contributed by atoms with E-state index >= 15 is 0 Å². The van der Waals surface area contributed by atoms with E-state index in [1.807, 2.05) is 6.07 Å². The zero-order valence-electron chi connectivity index (χ0n) is 19.8. The number of carbonyl (C=O) groups is 2. The third-order valence-electron chi connectivity index (χ3n) is 5.55. The normalized spacial score (nSPS) is 11.8. The van der Waals surface area contributed by atoms with Gasteiger partial charge in [0.1, 0.15) is 19.0 Å². The summed E-state index contributed by atoms with van der Waals surface area (Å²) < 4.78 is 51.8. The van der Waals surface area contributed by atoms with Crippen LogP contribution in [0.1, 0.15) is 25.8 Å². The van der Waals surface area contributed by atoms with Gasteiger partial charge in [-0.3, -0.25) is 10.1 Å². The lowest BCUT2D eigenvalue weighted by atomic mass is 10.1. The molecule has 0 radical (unpaired) electrons. The first-order valence-electron chi connectivity index (χ1n) is 11.2. The smallest absolute Gasteiger partial charge is 0.412 e. The summed E-state index contributed by atoms with van der Waals surface area (Å²) in [6.45, 7) is -2.04. The number of nitrogens with zero attached hydrogens (tertiary/aromatic N) is 2. The van der Waals surface area contributed by atoms with E-state index in [2.05, 4.69) is 10.5 Å². The van der Waals surface area contributed by atoms with Crippen molar-refractivity contribution in [1.82, 2.24) is 10.1 Å². The predicted octanol–water partition coefficient (Wildman–Crippen LogP) is 5.80. The van der Waals surface area contributed by atoms with E-state index in [0.717, 1.165) is 10.5 Å². The first kappa shape index (κ1) is 30.7. The van der Waals surface area contributed by atoms with Gasteiger partial charge in [0.2, 0.25) is 5.91 Å². The molecule has 0 aliphatic heterocycles. The van der Waals surface area contributed by atoms with Gasteiger partial charge >= 0.3 is 6.09 Å². The van der Waals surface area contributed by atoms with Gasteiger partial charge in [-0.1, -0.05) is 66.6 Å². The molecule has 0 saturated carbocycles. The molecule has 0 saturated heterocycles. The quantitative estimate of drug-likeness (QED) is 0.310. The van der Waals surface area contributed by atoms with E-state index in [4.69, 9.17) is 26.0 Å². The van der Waals surface area contributed by atoms with Gasteiger partial charge in [0.05, 0.1) is 11.1 Å². The highest BCUT2D eigenvalue weighted by atomic mass is 35.5. The molecule has 2 amide bonds. The molecule has 0 fully saturated rings. The first-order valence-corrected chi connectivity index (χ1v) is 11.6. The number of alkyl halides is 2. The molecule has 3 aromatic rings. The van der Waals surface area contributed by atoms with E-state index in [9.17, 15) is 22.8 Å². The number of likely N-dealkylation sites (N-methyl/N-ethyl adjacent to an activating group) is 1. The second-order valence-corrected chi connectivity index (χ2v) is 8.63. The van der Waals surface area contributed by atoms with Crippen LogP contribution in [0.4, 0.5) is 23.8 Å². The zero-order valence-corrected chi connectivity index (χ0v) is 20.6. The Morgan fingerprint density at radius 1 is 1.21 bits per heavy atom. The molecule has 0 aliphatic rings. The number of nitrogens with one attached hydrogen (secondary N) is 1. The van der Waals surface area contributed by atoms with E-state index in [0.29, 0.717) is 11.3 Å². The zero-order chi connectivity index (χ0) is 27.0. The van der Waals surface area contributed by atoms with Crippen molar-refractivity contribution < 1.29 is 37.1 Å². The largest absolute Gasteiger partial charge is 0.447 e. The van der Waals surface area contributed by atoms with Crippen LogP contribution in [0.2, 0.25) is 5.02 Å². The van der Waals surface area contributed by atoms with Crippen LogP contribution >= 0.6 is 11.6 Å². The summed E-state index contributed by atoms with van der Waals surface area (Å²) in [6.07, 6.45) is -2.05. The molecule has 1 heterocycles. The van der Waals surface area contributed by atoms with Crippen molar-refractivity contribution in [2.24, 2.45) is 0 Å². The molecular formula is C26H29ClF3N3O5. The maximum absolute atomic E-state index is 14.0. The van der Waals surface area contributed by atoms with E-state index in [-0.39, 0.29) is 31.1 Å². The van der Waals surface area contributed by atoms with Crippen molar-refractivity contribution in [1.29, 1.82) is 0 Å². The Balaban J connectivity index is 0.00000507. The van der Waals surface area contributed by atoms with Crippen LogP contribution in [0.15, 0.2) is 59.1 Å². The fraction of sp³-hybridized carbons (Fsp3) is 0.346. The molecule has 1 atom stereocenters. The highest BCUT2D eigenvalue weighted by Crippen LogP contribution is 2.25. The van der Waals surface area contributed by atoms with Crippen LogP contribution in [0.25, 0.3) is 11.3 Å². The van der Waals surface area contributed by atoms with Crippen molar-refractivity contribution in [2.45, 2.75) is 38.7 Å². The number of ether oxygens (including phenoxy) is 1. The van der Waals surface area contributed by atoms with Gasteiger partial charge in [0, 0.05) is 31.5 Å². The van der Waals surface area contributed by atoms with Crippen LogP contribution in [0, 0.1) is 5.82 Å². The van der Waals surface area contributed by atoms with E-state index in [1.54, 1.807) is 30.3 Å². The number of halogens is 4. The number of aliphatic hydroxyl groups excluding tert-OH is 1. The molecule has 2 N–H and O–H groups in total. The number of aromatic nitrogens is 1. The van der Waals surface area contributed by atoms with Crippen LogP contribution < -0.4 is 5.32 Å². The highest BCUT2D eigenvalue weighted by molar-refractivity contribution is 6.31. The molecule has 0 unspecified atom stereocenters. The summed E-state index contributed by atoms with van der Waals surface area (Å²) in [5.74, 6) is -4.30. The number of aliphatic hydroxyl groups is 1. The number of hydrogen-bond donors (Lipinski definition) is 2. The number of carbonyl (C=O) groups excluding carboxylic acids is 2. The second-order valence-electron chi connectivity index (χ2n) is 8.26. The predicted molar refractivity (Wildman–Crippen MR) is 137 cm³/mol. The van der Waals surface area contributed by atoms with Gasteiger partial charge in [-0.05, 0) is 18.1 Å². The molecule has 0 bridgehead atoms. The number of hydrogen-bond acceptors (Lipinski definition) is 6. The monoisotopic (exact) mass is 555 g/mol. The molecule has 0 aliphatic carbocycles. The Bertz CT molecular complexity index is 1210. The van der Waals surface area contributed by atoms with Crippen molar-refractivity contribution in [2.75, 3.05) is 25.6 Å². The SMILES string of the molecule is C.CN(C(=O)CCc1cccc(F)c1Cl)[C@H](COC(=O)Nc1cc(-c2ccccc2)on1)CC(F)(F)CO. The fourth-order valence-corrected chi connectivity index (χ4v) is 3.69. The Morgan fingerprint density at radius 3 is 2.61 bits per heavy atom. The third-order valence-corrected chi connectivity index (χ3v) is 5.98. The topological polar surface area (TPSA) is 105 Å². The average Bonchev–Trinajstić information content (AvgIpc) is 3.35. The van der Waals surface area contributed by atoms with Crippen LogP contribution in [0.3, 0.4) is 0 Å². The maximum atomic E-state index is 14.0. The fourth-order valence-electron chi connectivity index (χ4n) is 3.47. The molecule has 3 rings (SSSR count). The van der Waals surface area contributed by atoms with Crippen LogP contribution in [-0.2, 0) is 16.0 Å². The van der Waals surface area contributed by atoms with Crippen molar-refractivity contribution in [3.8, 4) is 11.3 Å². The lowest BCUT2D eigenvalue weighted by Gasteiger charge is -2.30. The molecule has 206 valence electrons. The summed E-state index contributed by atoms with van der Waals surface area (Å²) >= 11 is 5.91. The second kappa shape index (κ2) is 13.8. The molecule has 2 aromatic carbocycles. The van der Waals surface area contributed by atoms with Gasteiger partial charge < -0.3 is 19.3 Å². The van der Waals surface area contributed by atoms with Gasteiger partial charge in [-0.15, -0.1) is 0 Å². The summed E-state index contributed by atoms with van der Waals surface area (Å²) in [4.78, 5) is 26.0. The van der Waals surface area contributed by atoms with Gasteiger partial charge in [0.15, 0.2) is 11.6 Å². The first-order chi connectivity index (χ1) is 17.6. The molecule has 12 heteroatoms. The molecule has 0 spiro atoms. The summed E-state index contributed by atoms with van der Waals surface area (Å²) in [5, 5.41) is 14.9. The Kier molecular flexibility index (Phi) is 11.2. The summed E-state index contributed by atoms with van der Waals surface area (Å²) in [7, 11) is 1.28. The highest BCUT2D eigenvalue weighted by Gasteiger charge is 2.35. The minimum absolute atomic E-state index is 0. The molecule has 38 heavy (non-hydrogen) atoms. The van der Waals surface area contributed by atoms with Crippen LogP contribution in [0.5, 0.6) is 0 Å². The third kappa shape index (κ3) is 8.49. The van der Waals surface area contributed by atoms with Crippen molar-refractivity contribution in [3.63, 3.8) is 0 Å². The molecular weight excluding hydrogens is 527 g/mol. The van der Waals surface area contributed by atoms with Crippen molar-refractivity contribution >= 4 is 29.4 Å². The summed E-state index contributed by atoms with van der Waals surface area (Å²) in [5.41, 5.74) is 1.11. The van der Waals surface area contributed by atoms with Gasteiger partial charge in [-0.2, -0.15) is 0 Å². The van der Waals surface area contributed by atoms with Crippen molar-refractivity contribution in [3.05, 3.63) is 71.0 Å². The van der Waals surface area contributed by atoms with E-state index in [1.165, 1.54) is 25.2 Å². The maximum Gasteiger partial charge on any atom is 0.412 e. The minimum atomic E-state index is -3.53. The molecule has 8 nitrogen and oxygen atoms in total. The number of rotatable bonds is 11. The van der Waals surface area contributed by atoms with Gasteiger partial charge in [0.25, 0.3) is 5.92 Å². The van der Waals surface area contributed by atoms with Crippen LogP contribution in [-0.4, -0.2) is 59.4 Å². The summed E-state index contributed by atoms with van der Waals surface area (Å²) in [6, 6.07) is 13.4.